The second-order valence-corrected chi connectivity index (χ2v) is 5.52. The number of ether oxygens (including phenoxy) is 1. The molecule has 1 fully saturated rings. The summed E-state index contributed by atoms with van der Waals surface area (Å²) in [6.07, 6.45) is 2.02. The van der Waals surface area contributed by atoms with E-state index in [0.717, 1.165) is 24.2 Å². The minimum Gasteiger partial charge on any atom is -0.497 e. The lowest BCUT2D eigenvalue weighted by Crippen LogP contribution is -2.32. The van der Waals surface area contributed by atoms with Crippen molar-refractivity contribution in [3.05, 3.63) is 65.5 Å². The summed E-state index contributed by atoms with van der Waals surface area (Å²) in [5.41, 5.74) is 1.44. The van der Waals surface area contributed by atoms with E-state index in [1.807, 2.05) is 29.2 Å². The molecule has 4 heteroatoms. The van der Waals surface area contributed by atoms with E-state index in [2.05, 4.69) is 0 Å². The highest BCUT2D eigenvalue weighted by atomic mass is 19.1. The molecule has 3 nitrogen and oxygen atoms in total. The number of nitrogens with zero attached hydrogens (tertiary/aromatic N) is 1. The van der Waals surface area contributed by atoms with E-state index in [-0.39, 0.29) is 17.8 Å². The van der Waals surface area contributed by atoms with Crippen molar-refractivity contribution in [3.63, 3.8) is 0 Å². The summed E-state index contributed by atoms with van der Waals surface area (Å²) in [5, 5.41) is 0. The lowest BCUT2D eigenvalue weighted by molar-refractivity contribution is 0.0729. The molecule has 0 atom stereocenters. The molecule has 0 radical (unpaired) electrons. The summed E-state index contributed by atoms with van der Waals surface area (Å²) in [6, 6.07) is 13.8. The predicted octanol–water partition coefficient (Wildman–Crippen LogP) is 3.64. The van der Waals surface area contributed by atoms with E-state index >= 15 is 0 Å². The Balaban J connectivity index is 1.79. The van der Waals surface area contributed by atoms with Gasteiger partial charge in [-0.25, -0.2) is 4.39 Å². The van der Waals surface area contributed by atoms with Gasteiger partial charge >= 0.3 is 0 Å². The molecule has 0 N–H and O–H groups in total. The molecule has 1 saturated carbocycles. The Morgan fingerprint density at radius 1 is 1.23 bits per heavy atom. The summed E-state index contributed by atoms with van der Waals surface area (Å²) in [6.45, 7) is 0.532. The molecule has 2 aromatic rings. The molecule has 0 aromatic heterocycles. The normalized spacial score (nSPS) is 13.7. The molecular weight excluding hydrogens is 281 g/mol. The zero-order valence-electron chi connectivity index (χ0n) is 12.5. The van der Waals surface area contributed by atoms with Crippen LogP contribution < -0.4 is 4.74 Å². The second kappa shape index (κ2) is 6.18. The van der Waals surface area contributed by atoms with Crippen LogP contribution in [0.5, 0.6) is 5.75 Å². The molecule has 1 aliphatic rings. The minimum absolute atomic E-state index is 0.113. The Hall–Kier alpha value is -2.36. The van der Waals surface area contributed by atoms with Crippen molar-refractivity contribution >= 4 is 5.91 Å². The van der Waals surface area contributed by atoms with Crippen LogP contribution in [0, 0.1) is 5.82 Å². The van der Waals surface area contributed by atoms with Crippen LogP contribution in [0.4, 0.5) is 4.39 Å². The van der Waals surface area contributed by atoms with Crippen LogP contribution in [0.15, 0.2) is 48.5 Å². The van der Waals surface area contributed by atoms with Crippen molar-refractivity contribution in [3.8, 4) is 5.75 Å². The van der Waals surface area contributed by atoms with Crippen molar-refractivity contribution in [2.75, 3.05) is 7.11 Å². The highest BCUT2D eigenvalue weighted by Gasteiger charge is 2.33. The van der Waals surface area contributed by atoms with Crippen molar-refractivity contribution in [2.24, 2.45) is 0 Å². The number of benzene rings is 2. The van der Waals surface area contributed by atoms with Crippen molar-refractivity contribution in [1.82, 2.24) is 4.90 Å². The number of rotatable bonds is 5. The fourth-order valence-electron chi connectivity index (χ4n) is 2.47. The van der Waals surface area contributed by atoms with E-state index < -0.39 is 0 Å². The Kier molecular flexibility index (Phi) is 4.09. The zero-order chi connectivity index (χ0) is 15.5. The van der Waals surface area contributed by atoms with Gasteiger partial charge < -0.3 is 9.64 Å². The lowest BCUT2D eigenvalue weighted by Gasteiger charge is -2.23. The van der Waals surface area contributed by atoms with Crippen molar-refractivity contribution < 1.29 is 13.9 Å². The number of amides is 1. The van der Waals surface area contributed by atoms with Gasteiger partial charge in [-0.3, -0.25) is 4.79 Å². The van der Waals surface area contributed by atoms with E-state index in [1.54, 1.807) is 19.2 Å². The second-order valence-electron chi connectivity index (χ2n) is 5.52. The summed E-state index contributed by atoms with van der Waals surface area (Å²) in [5.74, 6) is 0.294. The molecule has 0 unspecified atom stereocenters. The predicted molar refractivity (Wildman–Crippen MR) is 82.3 cm³/mol. The summed E-state index contributed by atoms with van der Waals surface area (Å²) in [7, 11) is 1.62. The van der Waals surface area contributed by atoms with Crippen LogP contribution in [-0.2, 0) is 6.54 Å². The molecule has 0 heterocycles. The van der Waals surface area contributed by atoms with E-state index in [0.29, 0.717) is 12.1 Å². The van der Waals surface area contributed by atoms with Gasteiger partial charge in [-0.05, 0) is 48.7 Å². The molecule has 0 aliphatic heterocycles. The molecule has 0 saturated heterocycles. The van der Waals surface area contributed by atoms with Gasteiger partial charge in [0.15, 0.2) is 0 Å². The van der Waals surface area contributed by atoms with Gasteiger partial charge in [0, 0.05) is 18.2 Å². The van der Waals surface area contributed by atoms with Gasteiger partial charge in [-0.2, -0.15) is 0 Å². The van der Waals surface area contributed by atoms with Crippen LogP contribution >= 0.6 is 0 Å². The zero-order valence-corrected chi connectivity index (χ0v) is 12.5. The fourth-order valence-corrected chi connectivity index (χ4v) is 2.47. The number of hydrogen-bond acceptors (Lipinski definition) is 2. The minimum atomic E-state index is -0.383. The van der Waals surface area contributed by atoms with Crippen LogP contribution in [0.2, 0.25) is 0 Å². The molecule has 0 bridgehead atoms. The first-order valence-electron chi connectivity index (χ1n) is 7.37. The number of halogens is 1. The smallest absolute Gasteiger partial charge is 0.254 e. The Morgan fingerprint density at radius 2 is 1.95 bits per heavy atom. The lowest BCUT2D eigenvalue weighted by atomic mass is 10.1. The first-order chi connectivity index (χ1) is 10.7. The van der Waals surface area contributed by atoms with Gasteiger partial charge in [-0.1, -0.05) is 18.2 Å². The van der Waals surface area contributed by atoms with Crippen molar-refractivity contribution in [2.45, 2.75) is 25.4 Å². The Labute approximate surface area is 129 Å². The third kappa shape index (κ3) is 3.27. The van der Waals surface area contributed by atoms with E-state index in [1.165, 1.54) is 12.1 Å². The molecular formula is C18H18FNO2. The number of methoxy groups -OCH3 is 1. The first kappa shape index (κ1) is 14.6. The maximum Gasteiger partial charge on any atom is 0.254 e. The molecule has 2 aromatic carbocycles. The highest BCUT2D eigenvalue weighted by Crippen LogP contribution is 2.30. The highest BCUT2D eigenvalue weighted by molar-refractivity contribution is 5.94. The molecule has 1 amide bonds. The number of carbonyl (C=O) groups excluding carboxylic acids is 1. The quantitative estimate of drug-likeness (QED) is 0.843. The third-order valence-electron chi connectivity index (χ3n) is 3.83. The Bertz CT molecular complexity index is 665. The third-order valence-corrected chi connectivity index (χ3v) is 3.83. The van der Waals surface area contributed by atoms with Gasteiger partial charge in [0.25, 0.3) is 5.91 Å². The molecule has 114 valence electrons. The van der Waals surface area contributed by atoms with Gasteiger partial charge in [-0.15, -0.1) is 0 Å². The number of carbonyl (C=O) groups is 1. The average Bonchev–Trinajstić information content (AvgIpc) is 3.37. The van der Waals surface area contributed by atoms with E-state index in [9.17, 15) is 9.18 Å². The number of hydrogen-bond donors (Lipinski definition) is 0. The molecule has 1 aliphatic carbocycles. The largest absolute Gasteiger partial charge is 0.497 e. The standard InChI is InChI=1S/C18H18FNO2/c1-22-17-9-5-13(6-10-17)12-20(16-7-8-16)18(21)14-3-2-4-15(19)11-14/h2-6,9-11,16H,7-8,12H2,1H3. The van der Waals surface area contributed by atoms with Gasteiger partial charge in [0.2, 0.25) is 0 Å². The summed E-state index contributed by atoms with van der Waals surface area (Å²) in [4.78, 5) is 14.5. The Morgan fingerprint density at radius 3 is 2.55 bits per heavy atom. The SMILES string of the molecule is COc1ccc(CN(C(=O)c2cccc(F)c2)C2CC2)cc1. The van der Waals surface area contributed by atoms with Gasteiger partial charge in [0.05, 0.1) is 7.11 Å². The van der Waals surface area contributed by atoms with Crippen LogP contribution in [0.3, 0.4) is 0 Å². The van der Waals surface area contributed by atoms with Crippen molar-refractivity contribution in [1.29, 1.82) is 0 Å². The monoisotopic (exact) mass is 299 g/mol. The molecule has 22 heavy (non-hydrogen) atoms. The summed E-state index contributed by atoms with van der Waals surface area (Å²) < 4.78 is 18.5. The fraction of sp³-hybridized carbons (Fsp3) is 0.278. The van der Waals surface area contributed by atoms with Crippen LogP contribution in [-0.4, -0.2) is 24.0 Å². The topological polar surface area (TPSA) is 29.5 Å². The van der Waals surface area contributed by atoms with Crippen LogP contribution in [0.1, 0.15) is 28.8 Å². The molecule has 3 rings (SSSR count). The molecule has 0 spiro atoms. The summed E-state index contributed by atoms with van der Waals surface area (Å²) >= 11 is 0. The maximum atomic E-state index is 13.3. The maximum absolute atomic E-state index is 13.3. The average molecular weight is 299 g/mol. The van der Waals surface area contributed by atoms with Gasteiger partial charge in [0.1, 0.15) is 11.6 Å². The van der Waals surface area contributed by atoms with E-state index in [4.69, 9.17) is 4.74 Å². The van der Waals surface area contributed by atoms with Crippen LogP contribution in [0.25, 0.3) is 0 Å². The first-order valence-corrected chi connectivity index (χ1v) is 7.37.